The minimum absolute atomic E-state index is 0.143. The van der Waals surface area contributed by atoms with Crippen LogP contribution in [0.5, 0.6) is 0 Å². The number of carbonyl (C=O) groups excluding carboxylic acids is 1. The van der Waals surface area contributed by atoms with Crippen LogP contribution in [0.15, 0.2) is 0 Å². The lowest BCUT2D eigenvalue weighted by atomic mass is 9.94. The Kier molecular flexibility index (Phi) is 4.18. The fraction of sp³-hybridized carbons (Fsp3) is 0.917. The van der Waals surface area contributed by atoms with Crippen molar-refractivity contribution >= 4 is 5.91 Å². The number of piperidine rings is 1. The van der Waals surface area contributed by atoms with E-state index in [0.717, 1.165) is 13.1 Å². The van der Waals surface area contributed by atoms with E-state index in [2.05, 4.69) is 15.5 Å². The Morgan fingerprint density at radius 3 is 2.94 bits per heavy atom. The molecule has 4 heteroatoms. The predicted octanol–water partition coefficient (Wildman–Crippen LogP) is 0.339. The van der Waals surface area contributed by atoms with Gasteiger partial charge in [-0.05, 0) is 38.8 Å². The van der Waals surface area contributed by atoms with Gasteiger partial charge >= 0.3 is 0 Å². The van der Waals surface area contributed by atoms with Crippen LogP contribution in [0.25, 0.3) is 0 Å². The molecule has 0 radical (unpaired) electrons. The van der Waals surface area contributed by atoms with Gasteiger partial charge in [0.05, 0.1) is 6.54 Å². The van der Waals surface area contributed by atoms with E-state index >= 15 is 0 Å². The smallest absolute Gasteiger partial charge is 0.233 e. The zero-order chi connectivity index (χ0) is 11.4. The van der Waals surface area contributed by atoms with Gasteiger partial charge in [-0.2, -0.15) is 0 Å². The third kappa shape index (κ3) is 2.74. The van der Waals surface area contributed by atoms with Crippen LogP contribution in [-0.4, -0.2) is 49.6 Å². The normalized spacial score (nSPS) is 31.6. The summed E-state index contributed by atoms with van der Waals surface area (Å²) in [5, 5.41) is 6.30. The standard InChI is InChI=1S/C12H23N3O/c1-13-12(16)9-15-8-3-2-6-11(15)10-5-4-7-14-10/h10-11,14H,2-9H2,1H3,(H,13,16). The molecule has 0 saturated carbocycles. The first-order valence-electron chi connectivity index (χ1n) is 6.49. The molecule has 0 aromatic heterocycles. The van der Waals surface area contributed by atoms with E-state index in [1.54, 1.807) is 7.05 Å². The topological polar surface area (TPSA) is 44.4 Å². The molecule has 0 spiro atoms. The van der Waals surface area contributed by atoms with E-state index in [0.29, 0.717) is 18.6 Å². The van der Waals surface area contributed by atoms with Crippen molar-refractivity contribution in [3.05, 3.63) is 0 Å². The number of rotatable bonds is 3. The van der Waals surface area contributed by atoms with Gasteiger partial charge in [0, 0.05) is 19.1 Å². The molecule has 0 aliphatic carbocycles. The summed E-state index contributed by atoms with van der Waals surface area (Å²) in [6, 6.07) is 1.19. The number of likely N-dealkylation sites (N-methyl/N-ethyl adjacent to an activating group) is 1. The third-order valence-corrected chi connectivity index (χ3v) is 3.85. The summed E-state index contributed by atoms with van der Waals surface area (Å²) in [6.45, 7) is 2.80. The summed E-state index contributed by atoms with van der Waals surface area (Å²) in [7, 11) is 1.72. The quantitative estimate of drug-likeness (QED) is 0.728. The maximum atomic E-state index is 11.5. The van der Waals surface area contributed by atoms with Gasteiger partial charge in [-0.1, -0.05) is 6.42 Å². The monoisotopic (exact) mass is 225 g/mol. The molecular weight excluding hydrogens is 202 g/mol. The summed E-state index contributed by atoms with van der Waals surface area (Å²) in [4.78, 5) is 13.8. The molecule has 2 aliphatic rings. The lowest BCUT2D eigenvalue weighted by Crippen LogP contribution is -2.52. The van der Waals surface area contributed by atoms with Gasteiger partial charge in [-0.25, -0.2) is 0 Å². The van der Waals surface area contributed by atoms with Crippen LogP contribution in [0.2, 0.25) is 0 Å². The molecule has 1 amide bonds. The summed E-state index contributed by atoms with van der Waals surface area (Å²) in [5.74, 6) is 0.143. The lowest BCUT2D eigenvalue weighted by molar-refractivity contribution is -0.122. The fourth-order valence-corrected chi connectivity index (χ4v) is 2.97. The second-order valence-corrected chi connectivity index (χ2v) is 4.91. The first-order valence-corrected chi connectivity index (χ1v) is 6.49. The van der Waals surface area contributed by atoms with Crippen molar-refractivity contribution in [1.82, 2.24) is 15.5 Å². The molecule has 2 N–H and O–H groups in total. The van der Waals surface area contributed by atoms with Gasteiger partial charge in [0.15, 0.2) is 0 Å². The Morgan fingerprint density at radius 2 is 2.25 bits per heavy atom. The third-order valence-electron chi connectivity index (χ3n) is 3.85. The van der Waals surface area contributed by atoms with Crippen molar-refractivity contribution in [1.29, 1.82) is 0 Å². The van der Waals surface area contributed by atoms with E-state index in [1.165, 1.54) is 32.1 Å². The Morgan fingerprint density at radius 1 is 1.38 bits per heavy atom. The van der Waals surface area contributed by atoms with Crippen LogP contribution in [0, 0.1) is 0 Å². The SMILES string of the molecule is CNC(=O)CN1CCCCC1C1CCCN1. The predicted molar refractivity (Wildman–Crippen MR) is 64.3 cm³/mol. The highest BCUT2D eigenvalue weighted by Gasteiger charge is 2.32. The second-order valence-electron chi connectivity index (χ2n) is 4.91. The van der Waals surface area contributed by atoms with Crippen LogP contribution in [0.3, 0.4) is 0 Å². The highest BCUT2D eigenvalue weighted by molar-refractivity contribution is 5.77. The number of amides is 1. The molecule has 0 bridgehead atoms. The maximum Gasteiger partial charge on any atom is 0.233 e. The van der Waals surface area contributed by atoms with Crippen LogP contribution in [0.4, 0.5) is 0 Å². The van der Waals surface area contributed by atoms with Crippen molar-refractivity contribution in [2.24, 2.45) is 0 Å². The highest BCUT2D eigenvalue weighted by atomic mass is 16.1. The van der Waals surface area contributed by atoms with Gasteiger partial charge in [-0.3, -0.25) is 9.69 Å². The number of likely N-dealkylation sites (tertiary alicyclic amines) is 1. The van der Waals surface area contributed by atoms with Crippen LogP contribution in [0.1, 0.15) is 32.1 Å². The van der Waals surface area contributed by atoms with Crippen molar-refractivity contribution in [3.63, 3.8) is 0 Å². The van der Waals surface area contributed by atoms with Crippen molar-refractivity contribution in [2.75, 3.05) is 26.7 Å². The second kappa shape index (κ2) is 5.64. The Bertz CT molecular complexity index is 238. The van der Waals surface area contributed by atoms with Crippen LogP contribution >= 0.6 is 0 Å². The van der Waals surface area contributed by atoms with Crippen molar-refractivity contribution in [3.8, 4) is 0 Å². The number of nitrogens with one attached hydrogen (secondary N) is 2. The minimum atomic E-state index is 0.143. The molecule has 92 valence electrons. The Labute approximate surface area is 97.8 Å². The molecule has 2 unspecified atom stereocenters. The Balaban J connectivity index is 1.93. The van der Waals surface area contributed by atoms with E-state index in [4.69, 9.17) is 0 Å². The highest BCUT2D eigenvalue weighted by Crippen LogP contribution is 2.23. The molecule has 2 atom stereocenters. The molecular formula is C12H23N3O. The zero-order valence-corrected chi connectivity index (χ0v) is 10.2. The molecule has 2 saturated heterocycles. The maximum absolute atomic E-state index is 11.5. The largest absolute Gasteiger partial charge is 0.358 e. The lowest BCUT2D eigenvalue weighted by Gasteiger charge is -2.38. The minimum Gasteiger partial charge on any atom is -0.358 e. The van der Waals surface area contributed by atoms with Gasteiger partial charge < -0.3 is 10.6 Å². The molecule has 2 fully saturated rings. The molecule has 4 nitrogen and oxygen atoms in total. The van der Waals surface area contributed by atoms with E-state index in [9.17, 15) is 4.79 Å². The zero-order valence-electron chi connectivity index (χ0n) is 10.2. The fourth-order valence-electron chi connectivity index (χ4n) is 2.97. The van der Waals surface area contributed by atoms with Crippen molar-refractivity contribution in [2.45, 2.75) is 44.2 Å². The first-order chi connectivity index (χ1) is 7.81. The van der Waals surface area contributed by atoms with Crippen molar-refractivity contribution < 1.29 is 4.79 Å². The van der Waals surface area contributed by atoms with E-state index < -0.39 is 0 Å². The number of hydrogen-bond donors (Lipinski definition) is 2. The van der Waals surface area contributed by atoms with E-state index in [1.807, 2.05) is 0 Å². The molecule has 16 heavy (non-hydrogen) atoms. The molecule has 2 aliphatic heterocycles. The summed E-state index contributed by atoms with van der Waals surface area (Å²) in [6.07, 6.45) is 6.35. The number of hydrogen-bond acceptors (Lipinski definition) is 3. The van der Waals surface area contributed by atoms with Crippen LogP contribution in [-0.2, 0) is 4.79 Å². The number of carbonyl (C=O) groups is 1. The molecule has 2 rings (SSSR count). The molecule has 0 aromatic carbocycles. The average molecular weight is 225 g/mol. The molecule has 2 heterocycles. The number of nitrogens with zero attached hydrogens (tertiary/aromatic N) is 1. The van der Waals surface area contributed by atoms with E-state index in [-0.39, 0.29) is 5.91 Å². The summed E-state index contributed by atoms with van der Waals surface area (Å²) >= 11 is 0. The first kappa shape index (κ1) is 11.9. The van der Waals surface area contributed by atoms with Gasteiger partial charge in [0.1, 0.15) is 0 Å². The van der Waals surface area contributed by atoms with Gasteiger partial charge in [-0.15, -0.1) is 0 Å². The summed E-state index contributed by atoms with van der Waals surface area (Å²) in [5.41, 5.74) is 0. The van der Waals surface area contributed by atoms with Crippen LogP contribution < -0.4 is 10.6 Å². The van der Waals surface area contributed by atoms with Gasteiger partial charge in [0.25, 0.3) is 0 Å². The Hall–Kier alpha value is -0.610. The average Bonchev–Trinajstić information content (AvgIpc) is 2.83. The summed E-state index contributed by atoms with van der Waals surface area (Å²) < 4.78 is 0. The molecule has 0 aromatic rings. The van der Waals surface area contributed by atoms with Gasteiger partial charge in [0.2, 0.25) is 5.91 Å².